The predicted octanol–water partition coefficient (Wildman–Crippen LogP) is 3.34. The molecule has 1 heterocycles. The van der Waals surface area contributed by atoms with Crippen LogP contribution in [0.15, 0.2) is 15.4 Å². The third-order valence-corrected chi connectivity index (χ3v) is 8.27. The van der Waals surface area contributed by atoms with E-state index in [1.807, 2.05) is 13.8 Å². The Balaban J connectivity index is 2.55. The molecule has 1 aliphatic rings. The first-order valence-corrected chi connectivity index (χ1v) is 9.90. The maximum Gasteiger partial charge on any atom is 0.246 e. The highest BCUT2D eigenvalue weighted by Gasteiger charge is 2.37. The maximum absolute atomic E-state index is 14.3. The number of anilines is 1. The number of benzene rings is 1. The molecule has 2 rings (SSSR count). The monoisotopic (exact) mass is 416 g/mol. The van der Waals surface area contributed by atoms with E-state index in [2.05, 4.69) is 15.9 Å². The zero-order chi connectivity index (χ0) is 15.9. The lowest BCUT2D eigenvalue weighted by atomic mass is 10.2. The summed E-state index contributed by atoms with van der Waals surface area (Å²) < 4.78 is 41.2. The van der Waals surface area contributed by atoms with Gasteiger partial charge in [-0.3, -0.25) is 0 Å². The zero-order valence-electron chi connectivity index (χ0n) is 11.4. The number of hydrogen-bond donors (Lipinski definition) is 1. The van der Waals surface area contributed by atoms with Gasteiger partial charge in [-0.1, -0.05) is 18.5 Å². The van der Waals surface area contributed by atoms with E-state index < -0.39 is 20.7 Å². The van der Waals surface area contributed by atoms with E-state index in [1.54, 1.807) is 11.8 Å². The molecule has 0 radical (unpaired) electrons. The van der Waals surface area contributed by atoms with Crippen molar-refractivity contribution in [1.29, 1.82) is 0 Å². The topological polar surface area (TPSA) is 63.4 Å². The minimum absolute atomic E-state index is 0.0690. The van der Waals surface area contributed by atoms with Gasteiger partial charge in [0.2, 0.25) is 10.0 Å². The minimum atomic E-state index is -3.98. The first kappa shape index (κ1) is 17.3. The Morgan fingerprint density at radius 1 is 1.52 bits per heavy atom. The Bertz CT molecular complexity index is 672. The lowest BCUT2D eigenvalue weighted by molar-refractivity contribution is 0.338. The van der Waals surface area contributed by atoms with Gasteiger partial charge in [0.1, 0.15) is 4.90 Å². The van der Waals surface area contributed by atoms with Crippen LogP contribution in [-0.2, 0) is 10.0 Å². The van der Waals surface area contributed by atoms with Crippen molar-refractivity contribution in [3.63, 3.8) is 0 Å². The van der Waals surface area contributed by atoms with Crippen LogP contribution < -0.4 is 5.73 Å². The molecule has 4 nitrogen and oxygen atoms in total. The van der Waals surface area contributed by atoms with E-state index in [-0.39, 0.29) is 26.5 Å². The first-order chi connectivity index (χ1) is 9.67. The second-order valence-corrected chi connectivity index (χ2v) is 9.37. The molecule has 0 spiro atoms. The van der Waals surface area contributed by atoms with Crippen molar-refractivity contribution >= 4 is 55.0 Å². The van der Waals surface area contributed by atoms with Crippen LogP contribution in [-0.4, -0.2) is 36.3 Å². The normalized spacial score (nSPS) is 24.2. The highest BCUT2D eigenvalue weighted by molar-refractivity contribution is 9.10. The second kappa shape index (κ2) is 6.23. The molecule has 0 amide bonds. The molecule has 0 aromatic heterocycles. The molecule has 2 N–H and O–H groups in total. The highest BCUT2D eigenvalue weighted by atomic mass is 79.9. The fourth-order valence-electron chi connectivity index (χ4n) is 2.16. The minimum Gasteiger partial charge on any atom is -0.395 e. The largest absolute Gasteiger partial charge is 0.395 e. The van der Waals surface area contributed by atoms with Crippen LogP contribution in [0.25, 0.3) is 0 Å². The summed E-state index contributed by atoms with van der Waals surface area (Å²) in [6, 6.07) is 0.878. The lowest BCUT2D eigenvalue weighted by Crippen LogP contribution is -2.48. The van der Waals surface area contributed by atoms with E-state index in [0.717, 1.165) is 6.07 Å². The van der Waals surface area contributed by atoms with Gasteiger partial charge in [0, 0.05) is 23.6 Å². The highest BCUT2D eigenvalue weighted by Crippen LogP contribution is 2.37. The van der Waals surface area contributed by atoms with Gasteiger partial charge in [0.05, 0.1) is 15.2 Å². The molecule has 118 valence electrons. The molecule has 1 fully saturated rings. The van der Waals surface area contributed by atoms with Crippen molar-refractivity contribution < 1.29 is 12.8 Å². The van der Waals surface area contributed by atoms with Gasteiger partial charge in [-0.2, -0.15) is 16.1 Å². The summed E-state index contributed by atoms with van der Waals surface area (Å²) >= 11 is 10.7. The van der Waals surface area contributed by atoms with Crippen LogP contribution in [0.5, 0.6) is 0 Å². The molecule has 2 atom stereocenters. The summed E-state index contributed by atoms with van der Waals surface area (Å²) in [5, 5.41) is 0.208. The number of nitrogen functional groups attached to an aromatic ring is 1. The van der Waals surface area contributed by atoms with E-state index in [0.29, 0.717) is 12.3 Å². The summed E-state index contributed by atoms with van der Waals surface area (Å²) in [6.07, 6.45) is 0. The van der Waals surface area contributed by atoms with Crippen molar-refractivity contribution in [2.24, 2.45) is 0 Å². The number of nitrogens with two attached hydrogens (primary N) is 1. The van der Waals surface area contributed by atoms with E-state index in [1.165, 1.54) is 4.31 Å². The molecular weight excluding hydrogens is 403 g/mol. The molecule has 1 aromatic carbocycles. The third kappa shape index (κ3) is 3.06. The van der Waals surface area contributed by atoms with Crippen LogP contribution in [0, 0.1) is 5.82 Å². The molecular formula is C12H15BrClFN2O2S2. The lowest BCUT2D eigenvalue weighted by Gasteiger charge is -2.36. The molecule has 2 unspecified atom stereocenters. The number of nitrogens with zero attached hydrogens (tertiary/aromatic N) is 1. The van der Waals surface area contributed by atoms with Crippen molar-refractivity contribution in [1.82, 2.24) is 4.31 Å². The second-order valence-electron chi connectivity index (χ2n) is 4.83. The first-order valence-electron chi connectivity index (χ1n) is 6.24. The predicted molar refractivity (Wildman–Crippen MR) is 88.8 cm³/mol. The van der Waals surface area contributed by atoms with Gasteiger partial charge in [-0.15, -0.1) is 0 Å². The van der Waals surface area contributed by atoms with Gasteiger partial charge in [0.25, 0.3) is 0 Å². The van der Waals surface area contributed by atoms with Crippen molar-refractivity contribution in [3.05, 3.63) is 21.4 Å². The standard InChI is InChI=1S/C12H15BrClFN2O2S2/c1-6-7(2)20-4-3-17(6)21(18,19)9-5-8(14)10(13)12(16)11(9)15/h5-7H,3-4,16H2,1-2H3. The van der Waals surface area contributed by atoms with Crippen molar-refractivity contribution in [2.75, 3.05) is 18.0 Å². The average Bonchev–Trinajstić information content (AvgIpc) is 2.43. The summed E-state index contributed by atoms with van der Waals surface area (Å²) in [4.78, 5) is -0.473. The summed E-state index contributed by atoms with van der Waals surface area (Å²) in [5.74, 6) is -0.295. The fourth-order valence-corrected chi connectivity index (χ4v) is 5.82. The molecule has 21 heavy (non-hydrogen) atoms. The van der Waals surface area contributed by atoms with E-state index >= 15 is 0 Å². The number of rotatable bonds is 2. The smallest absolute Gasteiger partial charge is 0.246 e. The van der Waals surface area contributed by atoms with Crippen molar-refractivity contribution in [3.8, 4) is 0 Å². The molecule has 9 heteroatoms. The third-order valence-electron chi connectivity index (χ3n) is 3.57. The van der Waals surface area contributed by atoms with E-state index in [9.17, 15) is 12.8 Å². The van der Waals surface area contributed by atoms with E-state index in [4.69, 9.17) is 17.3 Å². The van der Waals surface area contributed by atoms with Gasteiger partial charge >= 0.3 is 0 Å². The average molecular weight is 418 g/mol. The SMILES string of the molecule is CC1SCCN(S(=O)(=O)c2cc(Cl)c(Br)c(N)c2F)C1C. The van der Waals surface area contributed by atoms with Crippen LogP contribution in [0.1, 0.15) is 13.8 Å². The van der Waals surface area contributed by atoms with Crippen LogP contribution in [0.4, 0.5) is 10.1 Å². The van der Waals surface area contributed by atoms with Crippen LogP contribution >= 0.6 is 39.3 Å². The maximum atomic E-state index is 14.3. The van der Waals surface area contributed by atoms with Gasteiger partial charge in [-0.25, -0.2) is 12.8 Å². The van der Waals surface area contributed by atoms with Crippen LogP contribution in [0.2, 0.25) is 5.02 Å². The Kier molecular flexibility index (Phi) is 5.15. The number of halogens is 3. The molecule has 0 saturated carbocycles. The van der Waals surface area contributed by atoms with Gasteiger partial charge in [-0.05, 0) is 28.9 Å². The molecule has 0 bridgehead atoms. The number of sulfonamides is 1. The number of thioether (sulfide) groups is 1. The molecule has 0 aliphatic carbocycles. The molecule has 1 aromatic rings. The Labute approximate surface area is 141 Å². The quantitative estimate of drug-likeness (QED) is 0.592. The summed E-state index contributed by atoms with van der Waals surface area (Å²) in [7, 11) is -3.98. The fraction of sp³-hybridized carbons (Fsp3) is 0.500. The Hall–Kier alpha value is -0.0200. The number of hydrogen-bond acceptors (Lipinski definition) is 4. The van der Waals surface area contributed by atoms with Gasteiger partial charge in [0.15, 0.2) is 5.82 Å². The molecule has 1 aliphatic heterocycles. The zero-order valence-corrected chi connectivity index (χ0v) is 15.4. The van der Waals surface area contributed by atoms with Crippen molar-refractivity contribution in [2.45, 2.75) is 30.0 Å². The molecule has 1 saturated heterocycles. The van der Waals surface area contributed by atoms with Crippen LogP contribution in [0.3, 0.4) is 0 Å². The Morgan fingerprint density at radius 3 is 2.76 bits per heavy atom. The van der Waals surface area contributed by atoms with Gasteiger partial charge < -0.3 is 5.73 Å². The summed E-state index contributed by atoms with van der Waals surface area (Å²) in [5.41, 5.74) is 5.28. The Morgan fingerprint density at radius 2 is 2.14 bits per heavy atom. The summed E-state index contributed by atoms with van der Waals surface area (Å²) in [6.45, 7) is 4.11.